The summed E-state index contributed by atoms with van der Waals surface area (Å²) in [4.78, 5) is 13.7. The van der Waals surface area contributed by atoms with E-state index in [1.54, 1.807) is 24.1 Å². The van der Waals surface area contributed by atoms with E-state index in [2.05, 4.69) is 0 Å². The fourth-order valence-corrected chi connectivity index (χ4v) is 1.57. The molecule has 1 amide bonds. The van der Waals surface area contributed by atoms with Gasteiger partial charge >= 0.3 is 0 Å². The molecule has 0 saturated carbocycles. The van der Waals surface area contributed by atoms with Gasteiger partial charge in [0.15, 0.2) is 0 Å². The second kappa shape index (κ2) is 4.31. The smallest absolute Gasteiger partial charge is 0.259 e. The molecule has 15 heavy (non-hydrogen) atoms. The van der Waals surface area contributed by atoms with Crippen molar-refractivity contribution in [1.29, 1.82) is 0 Å². The van der Waals surface area contributed by atoms with E-state index in [0.717, 1.165) is 0 Å². The van der Waals surface area contributed by atoms with Crippen LogP contribution in [0.15, 0.2) is 24.3 Å². The van der Waals surface area contributed by atoms with E-state index < -0.39 is 0 Å². The number of nitrogens with zero attached hydrogens (tertiary/aromatic N) is 1. The predicted molar refractivity (Wildman–Crippen MR) is 54.8 cm³/mol. The lowest BCUT2D eigenvalue weighted by Crippen LogP contribution is -2.28. The minimum Gasteiger partial charge on any atom is -0.496 e. The maximum Gasteiger partial charge on any atom is 0.259 e. The van der Waals surface area contributed by atoms with E-state index in [9.17, 15) is 4.79 Å². The zero-order valence-corrected chi connectivity index (χ0v) is 8.60. The number of carbonyl (C=O) groups excluding carboxylic acids is 1. The molecule has 2 rings (SSSR count). The Morgan fingerprint density at radius 2 is 2.27 bits per heavy atom. The molecule has 1 aliphatic rings. The van der Waals surface area contributed by atoms with Crippen LogP contribution in [0, 0.1) is 0 Å². The number of hydrogen-bond acceptors (Lipinski definition) is 3. The Balaban J connectivity index is 2.24. The first-order chi connectivity index (χ1) is 7.33. The van der Waals surface area contributed by atoms with Gasteiger partial charge in [0.2, 0.25) is 0 Å². The average Bonchev–Trinajstić information content (AvgIpc) is 2.81. The van der Waals surface area contributed by atoms with Crippen molar-refractivity contribution in [1.82, 2.24) is 4.90 Å². The summed E-state index contributed by atoms with van der Waals surface area (Å²) >= 11 is 0. The van der Waals surface area contributed by atoms with Crippen molar-refractivity contribution in [3.8, 4) is 5.75 Å². The topological polar surface area (TPSA) is 38.8 Å². The molecule has 0 unspecified atom stereocenters. The first kappa shape index (κ1) is 9.98. The molecule has 0 spiro atoms. The number of rotatable bonds is 2. The SMILES string of the molecule is COc1ccccc1C(=O)N1CCOC1. The van der Waals surface area contributed by atoms with Gasteiger partial charge in [-0.1, -0.05) is 12.1 Å². The van der Waals surface area contributed by atoms with Crippen molar-refractivity contribution in [2.75, 3.05) is 27.0 Å². The van der Waals surface area contributed by atoms with Crippen LogP contribution in [0.1, 0.15) is 10.4 Å². The molecule has 0 N–H and O–H groups in total. The van der Waals surface area contributed by atoms with Crippen LogP contribution in [-0.4, -0.2) is 37.8 Å². The maximum atomic E-state index is 12.0. The van der Waals surface area contributed by atoms with Gasteiger partial charge in [-0.2, -0.15) is 0 Å². The number of methoxy groups -OCH3 is 1. The molecule has 80 valence electrons. The standard InChI is InChI=1S/C11H13NO3/c1-14-10-5-3-2-4-9(10)11(13)12-6-7-15-8-12/h2-5H,6-8H2,1H3. The second-order valence-electron chi connectivity index (χ2n) is 3.31. The van der Waals surface area contributed by atoms with Gasteiger partial charge in [-0.3, -0.25) is 4.79 Å². The lowest BCUT2D eigenvalue weighted by Gasteiger charge is -2.15. The Kier molecular flexibility index (Phi) is 2.87. The highest BCUT2D eigenvalue weighted by atomic mass is 16.5. The van der Waals surface area contributed by atoms with Crippen molar-refractivity contribution in [2.24, 2.45) is 0 Å². The summed E-state index contributed by atoms with van der Waals surface area (Å²) in [7, 11) is 1.56. The molecule has 4 heteroatoms. The van der Waals surface area contributed by atoms with E-state index in [4.69, 9.17) is 9.47 Å². The average molecular weight is 207 g/mol. The number of carbonyl (C=O) groups is 1. The Morgan fingerprint density at radius 3 is 2.93 bits per heavy atom. The molecule has 0 bridgehead atoms. The highest BCUT2D eigenvalue weighted by molar-refractivity contribution is 5.96. The van der Waals surface area contributed by atoms with Crippen molar-refractivity contribution < 1.29 is 14.3 Å². The third kappa shape index (κ3) is 1.94. The molecule has 1 fully saturated rings. The van der Waals surface area contributed by atoms with Crippen molar-refractivity contribution in [3.63, 3.8) is 0 Å². The molecule has 1 heterocycles. The summed E-state index contributed by atoms with van der Waals surface area (Å²) in [6.45, 7) is 1.63. The molecule has 1 aliphatic heterocycles. The van der Waals surface area contributed by atoms with E-state index in [-0.39, 0.29) is 5.91 Å². The molecular weight excluding hydrogens is 194 g/mol. The number of para-hydroxylation sites is 1. The number of benzene rings is 1. The third-order valence-electron chi connectivity index (χ3n) is 2.38. The number of hydrogen-bond donors (Lipinski definition) is 0. The van der Waals surface area contributed by atoms with Crippen LogP contribution in [-0.2, 0) is 4.74 Å². The van der Waals surface area contributed by atoms with Crippen LogP contribution in [0.25, 0.3) is 0 Å². The number of ether oxygens (including phenoxy) is 2. The van der Waals surface area contributed by atoms with E-state index in [0.29, 0.717) is 31.2 Å². The molecular formula is C11H13NO3. The van der Waals surface area contributed by atoms with Crippen LogP contribution in [0.5, 0.6) is 5.75 Å². The van der Waals surface area contributed by atoms with Crippen molar-refractivity contribution in [3.05, 3.63) is 29.8 Å². The van der Waals surface area contributed by atoms with Crippen LogP contribution in [0.3, 0.4) is 0 Å². The van der Waals surface area contributed by atoms with Crippen LogP contribution in [0.4, 0.5) is 0 Å². The normalized spacial score (nSPS) is 15.4. The maximum absolute atomic E-state index is 12.0. The van der Waals surface area contributed by atoms with Gasteiger partial charge in [-0.05, 0) is 12.1 Å². The summed E-state index contributed by atoms with van der Waals surface area (Å²) in [6, 6.07) is 7.21. The highest BCUT2D eigenvalue weighted by Gasteiger charge is 2.22. The molecule has 4 nitrogen and oxygen atoms in total. The van der Waals surface area contributed by atoms with Gasteiger partial charge in [0.1, 0.15) is 12.5 Å². The molecule has 1 saturated heterocycles. The summed E-state index contributed by atoms with van der Waals surface area (Å²) in [6.07, 6.45) is 0. The van der Waals surface area contributed by atoms with Gasteiger partial charge in [-0.15, -0.1) is 0 Å². The first-order valence-corrected chi connectivity index (χ1v) is 4.83. The molecule has 0 radical (unpaired) electrons. The van der Waals surface area contributed by atoms with Gasteiger partial charge in [0.05, 0.1) is 19.3 Å². The van der Waals surface area contributed by atoms with E-state index >= 15 is 0 Å². The summed E-state index contributed by atoms with van der Waals surface area (Å²) < 4.78 is 10.3. The first-order valence-electron chi connectivity index (χ1n) is 4.83. The third-order valence-corrected chi connectivity index (χ3v) is 2.38. The summed E-state index contributed by atoms with van der Waals surface area (Å²) in [5.41, 5.74) is 0.588. The van der Waals surface area contributed by atoms with Gasteiger partial charge in [0.25, 0.3) is 5.91 Å². The van der Waals surface area contributed by atoms with Crippen LogP contribution >= 0.6 is 0 Å². The predicted octanol–water partition coefficient (Wildman–Crippen LogP) is 1.13. The molecule has 0 atom stereocenters. The molecule has 1 aromatic rings. The Labute approximate surface area is 88.4 Å². The number of amides is 1. The Bertz CT molecular complexity index is 359. The monoisotopic (exact) mass is 207 g/mol. The van der Waals surface area contributed by atoms with Crippen LogP contribution < -0.4 is 4.74 Å². The second-order valence-corrected chi connectivity index (χ2v) is 3.31. The molecule has 0 aliphatic carbocycles. The fraction of sp³-hybridized carbons (Fsp3) is 0.364. The fourth-order valence-electron chi connectivity index (χ4n) is 1.57. The molecule has 0 aromatic heterocycles. The minimum atomic E-state index is -0.0371. The molecule has 1 aromatic carbocycles. The minimum absolute atomic E-state index is 0.0371. The zero-order valence-electron chi connectivity index (χ0n) is 8.60. The summed E-state index contributed by atoms with van der Waals surface area (Å²) in [5.74, 6) is 0.569. The van der Waals surface area contributed by atoms with Crippen molar-refractivity contribution >= 4 is 5.91 Å². The quantitative estimate of drug-likeness (QED) is 0.729. The van der Waals surface area contributed by atoms with Crippen LogP contribution in [0.2, 0.25) is 0 Å². The van der Waals surface area contributed by atoms with E-state index in [1.807, 2.05) is 12.1 Å². The van der Waals surface area contributed by atoms with Crippen molar-refractivity contribution in [2.45, 2.75) is 0 Å². The van der Waals surface area contributed by atoms with Gasteiger partial charge in [0, 0.05) is 6.54 Å². The zero-order chi connectivity index (χ0) is 10.7. The van der Waals surface area contributed by atoms with Gasteiger partial charge < -0.3 is 14.4 Å². The van der Waals surface area contributed by atoms with E-state index in [1.165, 1.54) is 0 Å². The van der Waals surface area contributed by atoms with Gasteiger partial charge in [-0.25, -0.2) is 0 Å². The Morgan fingerprint density at radius 1 is 1.47 bits per heavy atom. The lowest BCUT2D eigenvalue weighted by atomic mass is 10.2. The summed E-state index contributed by atoms with van der Waals surface area (Å²) in [5, 5.41) is 0. The lowest BCUT2D eigenvalue weighted by molar-refractivity contribution is 0.0692. The largest absolute Gasteiger partial charge is 0.496 e. The highest BCUT2D eigenvalue weighted by Crippen LogP contribution is 2.20. The Hall–Kier alpha value is -1.55.